The van der Waals surface area contributed by atoms with Crippen molar-refractivity contribution < 1.29 is 29.2 Å². The number of benzene rings is 4. The Morgan fingerprint density at radius 3 is 1.22 bits per heavy atom. The van der Waals surface area contributed by atoms with Gasteiger partial charge in [-0.2, -0.15) is 0 Å². The van der Waals surface area contributed by atoms with Gasteiger partial charge in [0.25, 0.3) is 0 Å². The fraction of sp³-hybridized carbons (Fsp3) is 0.200. The molecule has 0 saturated carbocycles. The van der Waals surface area contributed by atoms with E-state index in [0.29, 0.717) is 40.5 Å². The molecule has 0 radical (unpaired) electrons. The predicted molar refractivity (Wildman–Crippen MR) is 184 cm³/mol. The molecule has 8 nitrogen and oxygen atoms in total. The number of fused-ring (bicyclic) bond motifs is 2. The van der Waals surface area contributed by atoms with Crippen LogP contribution in [0.15, 0.2) is 69.6 Å². The van der Waals surface area contributed by atoms with Crippen molar-refractivity contribution in [2.45, 2.75) is 19.6 Å². The van der Waals surface area contributed by atoms with Crippen LogP contribution in [0.5, 0.6) is 23.0 Å². The molecule has 0 aliphatic heterocycles. The van der Waals surface area contributed by atoms with Gasteiger partial charge < -0.3 is 39.1 Å². The molecule has 0 bridgehead atoms. The highest BCUT2D eigenvalue weighted by atomic mass is 79.9. The fourth-order valence-corrected chi connectivity index (χ4v) is 6.69. The van der Waals surface area contributed by atoms with Gasteiger partial charge in [0, 0.05) is 61.1 Å². The fourth-order valence-electron chi connectivity index (χ4n) is 6.16. The van der Waals surface area contributed by atoms with Gasteiger partial charge in [0.15, 0.2) is 0 Å². The zero-order chi connectivity index (χ0) is 31.8. The number of hydrogen-bond acceptors (Lipinski definition) is 6. The molecule has 0 amide bonds. The number of halogens is 2. The maximum Gasteiger partial charge on any atom is 0.132 e. The summed E-state index contributed by atoms with van der Waals surface area (Å²) in [5, 5.41) is 22.6. The number of aliphatic hydroxyl groups excluding tert-OH is 2. The summed E-state index contributed by atoms with van der Waals surface area (Å²) in [6.45, 7) is -0.451. The van der Waals surface area contributed by atoms with Crippen LogP contribution in [0.1, 0.15) is 22.5 Å². The Bertz CT molecular complexity index is 1870. The SMILES string of the molecule is COc1cc(OC)c2c(-c3ccc(Br)cc3)c(Cc3[nH]c4c(CO)c(OC)cc(OC)c4c3-c3ccc(Br)cc3)[nH]c2c1CO. The number of hydrogen-bond donors (Lipinski definition) is 4. The number of aromatic amines is 2. The molecule has 0 spiro atoms. The van der Waals surface area contributed by atoms with E-state index >= 15 is 0 Å². The highest BCUT2D eigenvalue weighted by Gasteiger charge is 2.27. The summed E-state index contributed by atoms with van der Waals surface area (Å²) >= 11 is 7.13. The van der Waals surface area contributed by atoms with Gasteiger partial charge in [-0.1, -0.05) is 56.1 Å². The van der Waals surface area contributed by atoms with Gasteiger partial charge >= 0.3 is 0 Å². The second-order valence-corrected chi connectivity index (χ2v) is 12.3. The van der Waals surface area contributed by atoms with Crippen LogP contribution in [-0.4, -0.2) is 48.6 Å². The zero-order valence-electron chi connectivity index (χ0n) is 25.2. The van der Waals surface area contributed by atoms with Gasteiger partial charge in [-0.05, 0) is 35.4 Å². The summed E-state index contributed by atoms with van der Waals surface area (Å²) in [4.78, 5) is 7.28. The number of nitrogens with one attached hydrogen (secondary N) is 2. The summed E-state index contributed by atoms with van der Waals surface area (Å²) in [5.74, 6) is 2.31. The van der Waals surface area contributed by atoms with E-state index in [1.165, 1.54) is 0 Å². The molecule has 6 rings (SSSR count). The van der Waals surface area contributed by atoms with Gasteiger partial charge in [-0.15, -0.1) is 0 Å². The van der Waals surface area contributed by atoms with Crippen molar-refractivity contribution in [2.24, 2.45) is 0 Å². The van der Waals surface area contributed by atoms with Crippen molar-refractivity contribution in [1.29, 1.82) is 0 Å². The molecule has 2 aromatic heterocycles. The third kappa shape index (κ3) is 5.35. The lowest BCUT2D eigenvalue weighted by atomic mass is 9.95. The molecule has 2 heterocycles. The van der Waals surface area contributed by atoms with Gasteiger partial charge in [-0.3, -0.25) is 0 Å². The smallest absolute Gasteiger partial charge is 0.132 e. The first kappa shape index (κ1) is 31.0. The van der Waals surface area contributed by atoms with Crippen LogP contribution in [0.25, 0.3) is 44.1 Å². The summed E-state index contributed by atoms with van der Waals surface area (Å²) in [5.41, 5.74) is 8.37. The van der Waals surface area contributed by atoms with Crippen molar-refractivity contribution in [1.82, 2.24) is 9.97 Å². The Labute approximate surface area is 277 Å². The Kier molecular flexibility index (Phi) is 8.83. The second-order valence-electron chi connectivity index (χ2n) is 10.5. The van der Waals surface area contributed by atoms with Crippen LogP contribution in [0.2, 0.25) is 0 Å². The number of rotatable bonds is 10. The van der Waals surface area contributed by atoms with E-state index in [2.05, 4.69) is 66.1 Å². The van der Waals surface area contributed by atoms with E-state index in [0.717, 1.165) is 64.4 Å². The Hall–Kier alpha value is -3.96. The van der Waals surface area contributed by atoms with Crippen LogP contribution in [0.3, 0.4) is 0 Å². The van der Waals surface area contributed by atoms with E-state index in [4.69, 9.17) is 18.9 Å². The maximum absolute atomic E-state index is 10.5. The van der Waals surface area contributed by atoms with Crippen LogP contribution in [-0.2, 0) is 19.6 Å². The first-order valence-electron chi connectivity index (χ1n) is 14.2. The number of aromatic nitrogens is 2. The predicted octanol–water partition coefficient (Wildman–Crippen LogP) is 8.12. The van der Waals surface area contributed by atoms with Crippen LogP contribution in [0, 0.1) is 0 Å². The zero-order valence-corrected chi connectivity index (χ0v) is 28.4. The Morgan fingerprint density at radius 2 is 0.911 bits per heavy atom. The molecular weight excluding hydrogens is 704 g/mol. The van der Waals surface area contributed by atoms with Crippen molar-refractivity contribution in [3.63, 3.8) is 0 Å². The first-order chi connectivity index (χ1) is 21.9. The molecule has 10 heteroatoms. The molecule has 0 saturated heterocycles. The standard InChI is InChI=1S/C35H32Br2N2O6/c1-42-26-14-28(44-3)32-30(18-5-9-20(36)10-6-18)24(38-34(32)22(26)16-40)13-25-31(19-7-11-21(37)12-8-19)33-29(45-4)15-27(43-2)23(17-41)35(33)39-25/h5-12,14-15,38-41H,13,16-17H2,1-4H3. The monoisotopic (exact) mass is 734 g/mol. The lowest BCUT2D eigenvalue weighted by Gasteiger charge is -2.13. The minimum absolute atomic E-state index is 0.225. The lowest BCUT2D eigenvalue weighted by Crippen LogP contribution is -1.96. The van der Waals surface area contributed by atoms with Gasteiger partial charge in [0.1, 0.15) is 23.0 Å². The van der Waals surface area contributed by atoms with Crippen molar-refractivity contribution in [3.8, 4) is 45.3 Å². The van der Waals surface area contributed by atoms with Gasteiger partial charge in [0.2, 0.25) is 0 Å². The van der Waals surface area contributed by atoms with E-state index in [1.807, 2.05) is 36.4 Å². The number of methoxy groups -OCH3 is 4. The second kappa shape index (κ2) is 12.8. The van der Waals surface area contributed by atoms with E-state index < -0.39 is 0 Å². The van der Waals surface area contributed by atoms with Crippen LogP contribution < -0.4 is 18.9 Å². The Balaban J connectivity index is 1.70. The average Bonchev–Trinajstić information content (AvgIpc) is 3.62. The van der Waals surface area contributed by atoms with E-state index in [9.17, 15) is 10.2 Å². The Morgan fingerprint density at radius 1 is 0.556 bits per heavy atom. The molecule has 0 fully saturated rings. The van der Waals surface area contributed by atoms with Crippen LogP contribution >= 0.6 is 31.9 Å². The molecule has 0 unspecified atom stereocenters. The third-order valence-corrected chi connectivity index (χ3v) is 9.24. The van der Waals surface area contributed by atoms with Crippen molar-refractivity contribution in [3.05, 3.63) is 92.1 Å². The topological polar surface area (TPSA) is 109 Å². The molecule has 45 heavy (non-hydrogen) atoms. The van der Waals surface area contributed by atoms with Gasteiger partial charge in [0.05, 0.1) is 63.5 Å². The molecule has 4 aromatic carbocycles. The summed E-state index contributed by atoms with van der Waals surface area (Å²) in [7, 11) is 6.41. The van der Waals surface area contributed by atoms with Gasteiger partial charge in [-0.25, -0.2) is 0 Å². The summed E-state index contributed by atoms with van der Waals surface area (Å²) < 4.78 is 25.0. The third-order valence-electron chi connectivity index (χ3n) is 8.19. The minimum Gasteiger partial charge on any atom is -0.496 e. The quantitative estimate of drug-likeness (QED) is 0.113. The molecule has 4 N–H and O–H groups in total. The number of H-pyrrole nitrogens is 2. The number of ether oxygens (including phenoxy) is 4. The minimum atomic E-state index is -0.225. The highest BCUT2D eigenvalue weighted by molar-refractivity contribution is 9.10. The molecule has 0 aliphatic carbocycles. The van der Waals surface area contributed by atoms with Crippen molar-refractivity contribution >= 4 is 53.7 Å². The maximum atomic E-state index is 10.5. The molecule has 0 atom stereocenters. The summed E-state index contributed by atoms with van der Waals surface area (Å²) in [6.07, 6.45) is 0.437. The number of aliphatic hydroxyl groups is 2. The first-order valence-corrected chi connectivity index (χ1v) is 15.8. The molecule has 6 aromatic rings. The lowest BCUT2D eigenvalue weighted by molar-refractivity contribution is 0.274. The molecule has 0 aliphatic rings. The summed E-state index contributed by atoms with van der Waals surface area (Å²) in [6, 6.07) is 19.8. The highest BCUT2D eigenvalue weighted by Crippen LogP contribution is 2.47. The van der Waals surface area contributed by atoms with E-state index in [1.54, 1.807) is 28.4 Å². The average molecular weight is 736 g/mol. The molecule has 232 valence electrons. The largest absolute Gasteiger partial charge is 0.496 e. The normalized spacial score (nSPS) is 11.4. The molecular formula is C35H32Br2N2O6. The van der Waals surface area contributed by atoms with Crippen LogP contribution in [0.4, 0.5) is 0 Å². The van der Waals surface area contributed by atoms with E-state index in [-0.39, 0.29) is 13.2 Å². The van der Waals surface area contributed by atoms with Crippen molar-refractivity contribution in [2.75, 3.05) is 28.4 Å².